The quantitative estimate of drug-likeness (QED) is 0.773. The van der Waals surface area contributed by atoms with Gasteiger partial charge in [0.2, 0.25) is 0 Å². The zero-order chi connectivity index (χ0) is 13.8. The first kappa shape index (κ1) is 15.0. The summed E-state index contributed by atoms with van der Waals surface area (Å²) in [5, 5.41) is 1.04. The summed E-state index contributed by atoms with van der Waals surface area (Å²) in [5.41, 5.74) is 1.16. The van der Waals surface area contributed by atoms with Crippen LogP contribution in [0.15, 0.2) is 18.2 Å². The molecule has 1 aromatic rings. The molecule has 2 nitrogen and oxygen atoms in total. The Bertz CT molecular complexity index is 415. The predicted molar refractivity (Wildman–Crippen MR) is 81.3 cm³/mol. The Morgan fingerprint density at radius 1 is 1.37 bits per heavy atom. The van der Waals surface area contributed by atoms with Gasteiger partial charge >= 0.3 is 0 Å². The van der Waals surface area contributed by atoms with Crippen LogP contribution in [0.5, 0.6) is 5.75 Å². The van der Waals surface area contributed by atoms with Gasteiger partial charge in [-0.2, -0.15) is 0 Å². The molecule has 1 aromatic carbocycles. The maximum absolute atomic E-state index is 6.18. The van der Waals surface area contributed by atoms with Crippen molar-refractivity contribution in [1.29, 1.82) is 0 Å². The fourth-order valence-corrected chi connectivity index (χ4v) is 3.13. The number of hydrogen-bond donors (Lipinski definition) is 0. The van der Waals surface area contributed by atoms with Crippen LogP contribution in [0.3, 0.4) is 0 Å². The monoisotopic (exact) mass is 301 g/mol. The number of rotatable bonds is 4. The van der Waals surface area contributed by atoms with Gasteiger partial charge < -0.3 is 4.74 Å². The highest BCUT2D eigenvalue weighted by Gasteiger charge is 2.23. The summed E-state index contributed by atoms with van der Waals surface area (Å²) >= 11 is 12.2. The van der Waals surface area contributed by atoms with Crippen LogP contribution >= 0.6 is 23.2 Å². The molecule has 1 saturated heterocycles. The molecule has 2 rings (SSSR count). The van der Waals surface area contributed by atoms with Gasteiger partial charge in [-0.05, 0) is 57.0 Å². The number of ether oxygens (including phenoxy) is 1. The molecule has 1 atom stereocenters. The molecule has 19 heavy (non-hydrogen) atoms. The Balaban J connectivity index is 1.97. The molecule has 0 aromatic heterocycles. The Morgan fingerprint density at radius 2 is 2.05 bits per heavy atom. The Labute approximate surface area is 125 Å². The normalized spacial score (nSPS) is 19.4. The predicted octanol–water partition coefficient (Wildman–Crippen LogP) is 4.19. The first-order valence-electron chi connectivity index (χ1n) is 6.79. The zero-order valence-electron chi connectivity index (χ0n) is 11.5. The van der Waals surface area contributed by atoms with Crippen molar-refractivity contribution >= 4 is 23.2 Å². The fraction of sp³-hybridized carbons (Fsp3) is 0.600. The second kappa shape index (κ2) is 6.83. The van der Waals surface area contributed by atoms with E-state index in [0.717, 1.165) is 36.0 Å². The van der Waals surface area contributed by atoms with Gasteiger partial charge in [-0.1, -0.05) is 11.6 Å². The molecule has 0 saturated carbocycles. The molecule has 4 heteroatoms. The van der Waals surface area contributed by atoms with E-state index >= 15 is 0 Å². The molecule has 0 N–H and O–H groups in total. The molecular weight excluding hydrogens is 281 g/mol. The molecule has 0 radical (unpaired) electrons. The molecule has 1 unspecified atom stereocenters. The molecule has 0 amide bonds. The summed E-state index contributed by atoms with van der Waals surface area (Å²) in [6, 6.07) is 5.80. The largest absolute Gasteiger partial charge is 0.496 e. The highest BCUT2D eigenvalue weighted by molar-refractivity contribution is 6.30. The number of nitrogens with zero attached hydrogens (tertiary/aromatic N) is 1. The van der Waals surface area contributed by atoms with Crippen LogP contribution in [0.1, 0.15) is 25.3 Å². The van der Waals surface area contributed by atoms with Crippen molar-refractivity contribution in [3.05, 3.63) is 28.8 Å². The number of hydrogen-bond acceptors (Lipinski definition) is 2. The van der Waals surface area contributed by atoms with Gasteiger partial charge in [0.25, 0.3) is 0 Å². The van der Waals surface area contributed by atoms with Gasteiger partial charge in [-0.3, -0.25) is 4.90 Å². The lowest BCUT2D eigenvalue weighted by Crippen LogP contribution is -2.35. The number of likely N-dealkylation sites (tertiary alicyclic amines) is 1. The summed E-state index contributed by atoms with van der Waals surface area (Å²) < 4.78 is 5.39. The van der Waals surface area contributed by atoms with E-state index in [1.54, 1.807) is 7.11 Å². The van der Waals surface area contributed by atoms with E-state index in [2.05, 4.69) is 11.8 Å². The highest BCUT2D eigenvalue weighted by atomic mass is 35.5. The van der Waals surface area contributed by atoms with Crippen LogP contribution in [0, 0.1) is 5.92 Å². The van der Waals surface area contributed by atoms with Gasteiger partial charge in [-0.15, -0.1) is 11.6 Å². The molecule has 1 aliphatic heterocycles. The molecule has 0 aliphatic carbocycles. The van der Waals surface area contributed by atoms with E-state index in [0.29, 0.717) is 5.92 Å². The maximum Gasteiger partial charge on any atom is 0.123 e. The van der Waals surface area contributed by atoms with Crippen molar-refractivity contribution < 1.29 is 4.74 Å². The van der Waals surface area contributed by atoms with E-state index in [1.807, 2.05) is 18.2 Å². The summed E-state index contributed by atoms with van der Waals surface area (Å²) in [6.07, 6.45) is 2.35. The summed E-state index contributed by atoms with van der Waals surface area (Å²) in [6.45, 7) is 5.18. The van der Waals surface area contributed by atoms with Crippen molar-refractivity contribution in [3.63, 3.8) is 0 Å². The Hall–Kier alpha value is -0.440. The first-order valence-corrected chi connectivity index (χ1v) is 7.60. The maximum atomic E-state index is 6.18. The number of halogens is 2. The minimum absolute atomic E-state index is 0.280. The van der Waals surface area contributed by atoms with E-state index < -0.39 is 0 Å². The molecule has 1 aliphatic rings. The van der Waals surface area contributed by atoms with E-state index in [1.165, 1.54) is 12.8 Å². The minimum Gasteiger partial charge on any atom is -0.496 e. The number of methoxy groups -OCH3 is 1. The van der Waals surface area contributed by atoms with Crippen LogP contribution < -0.4 is 4.74 Å². The number of benzene rings is 1. The van der Waals surface area contributed by atoms with Gasteiger partial charge in [0.1, 0.15) is 5.75 Å². The van der Waals surface area contributed by atoms with Crippen molar-refractivity contribution in [3.8, 4) is 5.75 Å². The third-order valence-corrected chi connectivity index (χ3v) is 4.51. The van der Waals surface area contributed by atoms with Crippen LogP contribution in [-0.2, 0) is 6.54 Å². The lowest BCUT2D eigenvalue weighted by Gasteiger charge is -2.33. The smallest absolute Gasteiger partial charge is 0.123 e. The average molecular weight is 302 g/mol. The summed E-state index contributed by atoms with van der Waals surface area (Å²) in [7, 11) is 1.70. The van der Waals surface area contributed by atoms with Gasteiger partial charge in [0, 0.05) is 22.5 Å². The van der Waals surface area contributed by atoms with Crippen molar-refractivity contribution in [2.24, 2.45) is 5.92 Å². The van der Waals surface area contributed by atoms with E-state index in [9.17, 15) is 0 Å². The highest BCUT2D eigenvalue weighted by Crippen LogP contribution is 2.28. The molecule has 0 spiro atoms. The minimum atomic E-state index is 0.280. The van der Waals surface area contributed by atoms with Crippen LogP contribution in [0.25, 0.3) is 0 Å². The lowest BCUT2D eigenvalue weighted by atomic mass is 9.94. The van der Waals surface area contributed by atoms with Crippen molar-refractivity contribution in [2.75, 3.05) is 20.2 Å². The molecular formula is C15H21Cl2NO. The SMILES string of the molecule is COc1ccc(Cl)cc1CN1CCC(C(C)Cl)CC1. The van der Waals surface area contributed by atoms with Crippen molar-refractivity contribution in [2.45, 2.75) is 31.7 Å². The zero-order valence-corrected chi connectivity index (χ0v) is 13.0. The Morgan fingerprint density at radius 3 is 2.63 bits per heavy atom. The fourth-order valence-electron chi connectivity index (χ4n) is 2.68. The molecule has 106 valence electrons. The van der Waals surface area contributed by atoms with E-state index in [4.69, 9.17) is 27.9 Å². The second-order valence-electron chi connectivity index (χ2n) is 5.25. The van der Waals surface area contributed by atoms with Crippen LogP contribution in [-0.4, -0.2) is 30.5 Å². The van der Waals surface area contributed by atoms with Gasteiger partial charge in [0.15, 0.2) is 0 Å². The third-order valence-electron chi connectivity index (χ3n) is 3.92. The van der Waals surface area contributed by atoms with Crippen LogP contribution in [0.2, 0.25) is 5.02 Å². The second-order valence-corrected chi connectivity index (χ2v) is 6.37. The average Bonchev–Trinajstić information content (AvgIpc) is 2.39. The molecule has 0 bridgehead atoms. The molecule has 1 fully saturated rings. The third kappa shape index (κ3) is 4.01. The number of alkyl halides is 1. The Kier molecular flexibility index (Phi) is 5.37. The van der Waals surface area contributed by atoms with E-state index in [-0.39, 0.29) is 5.38 Å². The van der Waals surface area contributed by atoms with Crippen LogP contribution in [0.4, 0.5) is 0 Å². The summed E-state index contributed by atoms with van der Waals surface area (Å²) in [5.74, 6) is 1.57. The van der Waals surface area contributed by atoms with Gasteiger partial charge in [-0.25, -0.2) is 0 Å². The van der Waals surface area contributed by atoms with Gasteiger partial charge in [0.05, 0.1) is 7.11 Å². The molecule has 1 heterocycles. The first-order chi connectivity index (χ1) is 9.10. The van der Waals surface area contributed by atoms with Crippen molar-refractivity contribution in [1.82, 2.24) is 4.90 Å². The lowest BCUT2D eigenvalue weighted by molar-refractivity contribution is 0.175. The standard InChI is InChI=1S/C15H21Cl2NO/c1-11(16)12-5-7-18(8-6-12)10-13-9-14(17)3-4-15(13)19-2/h3-4,9,11-12H,5-8,10H2,1-2H3. The summed E-state index contributed by atoms with van der Waals surface area (Å²) in [4.78, 5) is 2.45. The number of piperidine rings is 1. The topological polar surface area (TPSA) is 12.5 Å².